The Labute approximate surface area is 144 Å². The van der Waals surface area contributed by atoms with Gasteiger partial charge in [-0.1, -0.05) is 5.16 Å². The van der Waals surface area contributed by atoms with Crippen LogP contribution in [0.1, 0.15) is 30.7 Å². The molecule has 0 N–H and O–H groups in total. The number of nitrogens with zero attached hydrogens (tertiary/aromatic N) is 3. The number of sulfonamides is 1. The van der Waals surface area contributed by atoms with Crippen LogP contribution in [0.2, 0.25) is 0 Å². The van der Waals surface area contributed by atoms with Crippen molar-refractivity contribution >= 4 is 10.0 Å². The van der Waals surface area contributed by atoms with Gasteiger partial charge < -0.3 is 9.26 Å². The van der Waals surface area contributed by atoms with Crippen LogP contribution in [0.4, 0.5) is 0 Å². The monoisotopic (exact) mass is 357 g/mol. The smallest absolute Gasteiger partial charge is 0.211 e. The molecule has 1 spiro atoms. The van der Waals surface area contributed by atoms with Crippen LogP contribution in [-0.2, 0) is 21.3 Å². The van der Waals surface area contributed by atoms with E-state index in [0.29, 0.717) is 13.2 Å². The lowest BCUT2D eigenvalue weighted by Gasteiger charge is -2.39. The van der Waals surface area contributed by atoms with Crippen molar-refractivity contribution in [2.45, 2.75) is 38.8 Å². The Morgan fingerprint density at radius 3 is 2.67 bits per heavy atom. The molecule has 24 heavy (non-hydrogen) atoms. The standard InChI is InChI=1S/C16H27N3O4S/c1-13-8-14(17-23-13)10-18-6-4-16(5-7-18)9-15(11-22-2)19(12-16)24(3,20)21/h8,15H,4-7,9-12H2,1-3H3/t15-/m0/s1. The Bertz CT molecular complexity index is 665. The summed E-state index contributed by atoms with van der Waals surface area (Å²) in [5.74, 6) is 0.834. The van der Waals surface area contributed by atoms with Crippen molar-refractivity contribution in [1.29, 1.82) is 0 Å². The van der Waals surface area contributed by atoms with Gasteiger partial charge in [0.1, 0.15) is 5.76 Å². The molecule has 0 aromatic carbocycles. The summed E-state index contributed by atoms with van der Waals surface area (Å²) in [6, 6.07) is 1.94. The number of rotatable bonds is 5. The highest BCUT2D eigenvalue weighted by atomic mass is 32.2. The van der Waals surface area contributed by atoms with E-state index in [4.69, 9.17) is 9.26 Å². The summed E-state index contributed by atoms with van der Waals surface area (Å²) in [6.45, 7) is 5.71. The van der Waals surface area contributed by atoms with Crippen LogP contribution in [0.25, 0.3) is 0 Å². The normalized spacial score (nSPS) is 25.5. The highest BCUT2D eigenvalue weighted by Crippen LogP contribution is 2.44. The SMILES string of the molecule is COC[C@@H]1CC2(CCN(Cc3cc(C)on3)CC2)CN1S(C)(=O)=O. The molecule has 3 heterocycles. The van der Waals surface area contributed by atoms with Crippen LogP contribution in [0.3, 0.4) is 0 Å². The third-order valence-electron chi connectivity index (χ3n) is 5.33. The summed E-state index contributed by atoms with van der Waals surface area (Å²) < 4.78 is 36.2. The van der Waals surface area contributed by atoms with Crippen LogP contribution in [0.15, 0.2) is 10.6 Å². The number of aromatic nitrogens is 1. The Morgan fingerprint density at radius 1 is 1.42 bits per heavy atom. The maximum Gasteiger partial charge on any atom is 0.211 e. The zero-order valence-corrected chi connectivity index (χ0v) is 15.5. The number of methoxy groups -OCH3 is 1. The lowest BCUT2D eigenvalue weighted by molar-refractivity contribution is 0.104. The third kappa shape index (κ3) is 3.82. The minimum Gasteiger partial charge on any atom is -0.383 e. The molecule has 0 radical (unpaired) electrons. The lowest BCUT2D eigenvalue weighted by Crippen LogP contribution is -2.42. The molecule has 2 aliphatic heterocycles. The van der Waals surface area contributed by atoms with Crippen molar-refractivity contribution in [3.63, 3.8) is 0 Å². The molecule has 2 saturated heterocycles. The van der Waals surface area contributed by atoms with Crippen molar-refractivity contribution in [2.24, 2.45) is 5.41 Å². The van der Waals surface area contributed by atoms with E-state index in [0.717, 1.165) is 50.4 Å². The van der Waals surface area contributed by atoms with E-state index in [-0.39, 0.29) is 11.5 Å². The summed E-state index contributed by atoms with van der Waals surface area (Å²) in [4.78, 5) is 2.37. The lowest BCUT2D eigenvalue weighted by atomic mass is 9.76. The number of aryl methyl sites for hydroxylation is 1. The number of piperidine rings is 1. The molecule has 8 heteroatoms. The zero-order chi connectivity index (χ0) is 17.4. The Balaban J connectivity index is 1.62. The number of hydrogen-bond acceptors (Lipinski definition) is 6. The molecule has 0 unspecified atom stereocenters. The molecule has 1 atom stereocenters. The first-order chi connectivity index (χ1) is 11.3. The summed E-state index contributed by atoms with van der Waals surface area (Å²) in [5.41, 5.74) is 1.05. The molecular formula is C16H27N3O4S. The van der Waals surface area contributed by atoms with E-state index in [1.165, 1.54) is 6.26 Å². The summed E-state index contributed by atoms with van der Waals surface area (Å²) in [6.07, 6.45) is 4.22. The van der Waals surface area contributed by atoms with Crippen molar-refractivity contribution in [3.05, 3.63) is 17.5 Å². The zero-order valence-electron chi connectivity index (χ0n) is 14.7. The van der Waals surface area contributed by atoms with Crippen molar-refractivity contribution in [3.8, 4) is 0 Å². The van der Waals surface area contributed by atoms with Gasteiger partial charge in [0.2, 0.25) is 10.0 Å². The maximum absolute atomic E-state index is 12.1. The molecule has 7 nitrogen and oxygen atoms in total. The van der Waals surface area contributed by atoms with E-state index in [1.807, 2.05) is 13.0 Å². The van der Waals surface area contributed by atoms with E-state index in [9.17, 15) is 8.42 Å². The molecule has 2 aliphatic rings. The molecule has 2 fully saturated rings. The van der Waals surface area contributed by atoms with Gasteiger partial charge in [-0.2, -0.15) is 4.31 Å². The van der Waals surface area contributed by atoms with Gasteiger partial charge in [-0.15, -0.1) is 0 Å². The number of ether oxygens (including phenoxy) is 1. The van der Waals surface area contributed by atoms with Gasteiger partial charge in [-0.25, -0.2) is 8.42 Å². The molecule has 136 valence electrons. The van der Waals surface area contributed by atoms with Crippen LogP contribution in [0.5, 0.6) is 0 Å². The molecule has 1 aromatic rings. The molecule has 0 saturated carbocycles. The number of likely N-dealkylation sites (tertiary alicyclic amines) is 1. The largest absolute Gasteiger partial charge is 0.383 e. The topological polar surface area (TPSA) is 75.9 Å². The van der Waals surface area contributed by atoms with Crippen LogP contribution in [0, 0.1) is 12.3 Å². The second-order valence-corrected chi connectivity index (χ2v) is 9.26. The molecule has 3 rings (SSSR count). The van der Waals surface area contributed by atoms with E-state index in [2.05, 4.69) is 10.1 Å². The van der Waals surface area contributed by atoms with E-state index < -0.39 is 10.0 Å². The predicted molar refractivity (Wildman–Crippen MR) is 90.0 cm³/mol. The third-order valence-corrected chi connectivity index (χ3v) is 6.61. The van der Waals surface area contributed by atoms with Gasteiger partial charge in [0.15, 0.2) is 0 Å². The summed E-state index contributed by atoms with van der Waals surface area (Å²) in [7, 11) is -1.56. The van der Waals surface area contributed by atoms with Crippen molar-refractivity contribution in [2.75, 3.05) is 39.6 Å². The molecular weight excluding hydrogens is 330 g/mol. The molecule has 0 amide bonds. The van der Waals surface area contributed by atoms with Gasteiger partial charge in [0.05, 0.1) is 18.6 Å². The minimum atomic E-state index is -3.19. The molecule has 1 aromatic heterocycles. The van der Waals surface area contributed by atoms with Gasteiger partial charge in [0, 0.05) is 32.3 Å². The first-order valence-electron chi connectivity index (χ1n) is 8.42. The second-order valence-electron chi connectivity index (χ2n) is 7.33. The minimum absolute atomic E-state index is 0.0326. The average molecular weight is 357 g/mol. The fourth-order valence-electron chi connectivity index (χ4n) is 4.12. The first kappa shape index (κ1) is 17.8. The Kier molecular flexibility index (Phi) is 5.01. The maximum atomic E-state index is 12.1. The fourth-order valence-corrected chi connectivity index (χ4v) is 5.30. The Morgan fingerprint density at radius 2 is 2.12 bits per heavy atom. The predicted octanol–water partition coefficient (Wildman–Crippen LogP) is 1.25. The Hall–Kier alpha value is -0.960. The van der Waals surface area contributed by atoms with Crippen LogP contribution in [-0.4, -0.2) is 68.4 Å². The van der Waals surface area contributed by atoms with Crippen molar-refractivity contribution in [1.82, 2.24) is 14.4 Å². The quantitative estimate of drug-likeness (QED) is 0.789. The van der Waals surface area contributed by atoms with Crippen LogP contribution < -0.4 is 0 Å². The highest BCUT2D eigenvalue weighted by molar-refractivity contribution is 7.88. The van der Waals surface area contributed by atoms with E-state index in [1.54, 1.807) is 11.4 Å². The summed E-state index contributed by atoms with van der Waals surface area (Å²) in [5, 5.41) is 4.06. The molecule has 0 aliphatic carbocycles. The second kappa shape index (κ2) is 6.74. The van der Waals surface area contributed by atoms with Gasteiger partial charge in [-0.3, -0.25) is 4.90 Å². The van der Waals surface area contributed by atoms with Gasteiger partial charge in [0.25, 0.3) is 0 Å². The average Bonchev–Trinajstić information content (AvgIpc) is 3.06. The fraction of sp³-hybridized carbons (Fsp3) is 0.812. The van der Waals surface area contributed by atoms with E-state index >= 15 is 0 Å². The highest BCUT2D eigenvalue weighted by Gasteiger charge is 2.48. The van der Waals surface area contributed by atoms with Gasteiger partial charge >= 0.3 is 0 Å². The first-order valence-corrected chi connectivity index (χ1v) is 10.3. The summed E-state index contributed by atoms with van der Waals surface area (Å²) >= 11 is 0. The number of hydrogen-bond donors (Lipinski definition) is 0. The van der Waals surface area contributed by atoms with Gasteiger partial charge in [-0.05, 0) is 44.7 Å². The van der Waals surface area contributed by atoms with Crippen LogP contribution >= 0.6 is 0 Å². The van der Waals surface area contributed by atoms with Crippen molar-refractivity contribution < 1.29 is 17.7 Å². The molecule has 0 bridgehead atoms.